The molecule has 0 saturated carbocycles. The molecule has 0 spiro atoms. The summed E-state index contributed by atoms with van der Waals surface area (Å²) in [7, 11) is 2.62. The molecule has 0 aliphatic rings. The second-order valence-electron chi connectivity index (χ2n) is 0.841. The Morgan fingerprint density at radius 3 is 1.80 bits per heavy atom. The summed E-state index contributed by atoms with van der Waals surface area (Å²) >= 11 is 0. The van der Waals surface area contributed by atoms with Crippen molar-refractivity contribution in [3.8, 4) is 0 Å². The van der Waals surface area contributed by atoms with Crippen LogP contribution in [0.4, 0.5) is 0 Å². The second-order valence-corrected chi connectivity index (χ2v) is 4.97. The van der Waals surface area contributed by atoms with Crippen molar-refractivity contribution in [2.45, 2.75) is 0 Å². The van der Waals surface area contributed by atoms with Crippen molar-refractivity contribution in [2.24, 2.45) is 0 Å². The summed E-state index contributed by atoms with van der Waals surface area (Å²) in [5.74, 6) is 0. The molecular formula is HO5Si5. The Bertz CT molecular complexity index is 59.1. The minimum Gasteiger partial charge on any atom is -0.435 e. The summed E-state index contributed by atoms with van der Waals surface area (Å²) in [4.78, 5) is 8.78. The van der Waals surface area contributed by atoms with Gasteiger partial charge in [0.25, 0.3) is 0 Å². The molecule has 5 nitrogen and oxygen atoms in total. The van der Waals surface area contributed by atoms with Gasteiger partial charge in [-0.05, 0) is 0 Å². The predicted molar refractivity (Wildman–Crippen MR) is 35.3 cm³/mol. The normalized spacial score (nSPS) is 10.8. The monoisotopic (exact) mass is 221 g/mol. The highest BCUT2D eigenvalue weighted by atomic mass is 28.4. The molecule has 0 saturated heterocycles. The zero-order valence-electron chi connectivity index (χ0n) is 4.58. The van der Waals surface area contributed by atoms with E-state index in [1.807, 2.05) is 0 Å². The molecule has 1 N–H and O–H groups in total. The van der Waals surface area contributed by atoms with Gasteiger partial charge in [0.05, 0.1) is 0 Å². The molecule has 0 aromatic carbocycles. The Hall–Kier alpha value is 0.884. The fourth-order valence-electron chi connectivity index (χ4n) is 0.134. The summed E-state index contributed by atoms with van der Waals surface area (Å²) in [5, 5.41) is 0. The third-order valence-corrected chi connectivity index (χ3v) is 3.07. The van der Waals surface area contributed by atoms with Crippen LogP contribution in [0.3, 0.4) is 0 Å². The third-order valence-electron chi connectivity index (χ3n) is 0.341. The second kappa shape index (κ2) is 7.99. The zero-order valence-corrected chi connectivity index (χ0v) is 9.58. The maximum Gasteiger partial charge on any atom is 0.555 e. The molecule has 0 atom stereocenters. The van der Waals surface area contributed by atoms with Crippen molar-refractivity contribution >= 4 is 50.5 Å². The Morgan fingerprint density at radius 2 is 1.50 bits per heavy atom. The highest BCUT2D eigenvalue weighted by Gasteiger charge is 2.13. The van der Waals surface area contributed by atoms with Gasteiger partial charge >= 0.3 is 29.5 Å². The lowest BCUT2D eigenvalue weighted by molar-refractivity contribution is 0.280. The van der Waals surface area contributed by atoms with Crippen molar-refractivity contribution in [3.05, 3.63) is 0 Å². The molecule has 10 heavy (non-hydrogen) atoms. The molecule has 0 amide bonds. The lowest BCUT2D eigenvalue weighted by Crippen LogP contribution is -2.27. The highest BCUT2D eigenvalue weighted by Crippen LogP contribution is 1.80. The van der Waals surface area contributed by atoms with Crippen LogP contribution in [0.15, 0.2) is 0 Å². The molecule has 10 heteroatoms. The smallest absolute Gasteiger partial charge is 0.435 e. The molecule has 0 rings (SSSR count). The molecule has 0 aliphatic heterocycles. The topological polar surface area (TPSA) is 57.2 Å². The van der Waals surface area contributed by atoms with E-state index in [2.05, 4.69) is 37.4 Å². The maximum atomic E-state index is 8.78. The predicted octanol–water partition coefficient (Wildman–Crippen LogP) is -2.73. The Kier molecular flexibility index (Phi) is 8.69. The van der Waals surface area contributed by atoms with E-state index >= 15 is 0 Å². The highest BCUT2D eigenvalue weighted by molar-refractivity contribution is 6.51. The zero-order chi connectivity index (χ0) is 7.82. The van der Waals surface area contributed by atoms with E-state index in [1.54, 1.807) is 0 Å². The lowest BCUT2D eigenvalue weighted by Gasteiger charge is -2.03. The summed E-state index contributed by atoms with van der Waals surface area (Å²) in [5.41, 5.74) is 0. The van der Waals surface area contributed by atoms with Crippen LogP contribution in [0, 0.1) is 0 Å². The number of hydrogen-bond acceptors (Lipinski definition) is 5. The Morgan fingerprint density at radius 1 is 1.10 bits per heavy atom. The quantitative estimate of drug-likeness (QED) is 0.494. The van der Waals surface area contributed by atoms with Crippen LogP contribution in [-0.4, -0.2) is 55.3 Å². The first-order chi connectivity index (χ1) is 4.81. The van der Waals surface area contributed by atoms with Gasteiger partial charge in [-0.2, -0.15) is 0 Å². The Labute approximate surface area is 72.2 Å². The van der Waals surface area contributed by atoms with Gasteiger partial charge in [-0.25, -0.2) is 0 Å². The van der Waals surface area contributed by atoms with Crippen molar-refractivity contribution in [2.75, 3.05) is 0 Å². The fourth-order valence-corrected chi connectivity index (χ4v) is 2.33. The number of hydrogen-bond donors (Lipinski definition) is 1. The molecular weight excluding hydrogens is 220 g/mol. The van der Waals surface area contributed by atoms with Crippen LogP contribution < -0.4 is 0 Å². The van der Waals surface area contributed by atoms with Crippen LogP contribution in [-0.2, 0) is 16.5 Å². The first-order valence-corrected chi connectivity index (χ1v) is 5.57. The summed E-state index contributed by atoms with van der Waals surface area (Å²) in [6.45, 7) is 0. The number of rotatable bonds is 6. The largest absolute Gasteiger partial charge is 0.555 e. The van der Waals surface area contributed by atoms with Gasteiger partial charge in [0.15, 0.2) is 0 Å². The van der Waals surface area contributed by atoms with E-state index in [4.69, 9.17) is 4.80 Å². The molecule has 0 bridgehead atoms. The van der Waals surface area contributed by atoms with Gasteiger partial charge in [-0.1, -0.05) is 0 Å². The van der Waals surface area contributed by atoms with E-state index < -0.39 is 9.53 Å². The van der Waals surface area contributed by atoms with Gasteiger partial charge in [0.1, 0.15) is 0 Å². The van der Waals surface area contributed by atoms with Crippen LogP contribution in [0.2, 0.25) is 0 Å². The van der Waals surface area contributed by atoms with E-state index in [0.29, 0.717) is 0 Å². The summed E-state index contributed by atoms with van der Waals surface area (Å²) in [6, 6.07) is 0. The molecule has 0 heterocycles. The SMILES string of the molecule is O[Si](O[Si]O[Si])O[Si]O[Si]. The maximum absolute atomic E-state index is 8.78. The summed E-state index contributed by atoms with van der Waals surface area (Å²) in [6.07, 6.45) is 0. The molecule has 11 radical (unpaired) electrons. The first-order valence-electron chi connectivity index (χ1n) is 1.86. The van der Waals surface area contributed by atoms with Crippen LogP contribution in [0.1, 0.15) is 0 Å². The van der Waals surface area contributed by atoms with Crippen LogP contribution >= 0.6 is 0 Å². The fraction of sp³-hybridized carbons (Fsp3) is 0. The average Bonchev–Trinajstić information content (AvgIpc) is 1.97. The van der Waals surface area contributed by atoms with Gasteiger partial charge in [-0.3, -0.25) is 0 Å². The van der Waals surface area contributed by atoms with E-state index in [9.17, 15) is 0 Å². The van der Waals surface area contributed by atoms with Crippen LogP contribution in [0.25, 0.3) is 0 Å². The van der Waals surface area contributed by atoms with Crippen molar-refractivity contribution in [1.29, 1.82) is 0 Å². The Balaban J connectivity index is 3.00. The van der Waals surface area contributed by atoms with E-state index in [1.165, 1.54) is 0 Å². The lowest BCUT2D eigenvalue weighted by atomic mass is 15.7. The minimum atomic E-state index is -2.20. The average molecular weight is 221 g/mol. The standard InChI is InChI=1S/HO5Si5/c1-10(4-8-2-6)5-9-3-7/h1H. The first kappa shape index (κ1) is 10.9. The van der Waals surface area contributed by atoms with E-state index in [0.717, 1.165) is 0 Å². The van der Waals surface area contributed by atoms with Gasteiger partial charge in [0.2, 0.25) is 21.0 Å². The van der Waals surface area contributed by atoms with Gasteiger partial charge < -0.3 is 21.3 Å². The molecule has 0 aromatic heterocycles. The molecule has 0 aliphatic carbocycles. The third kappa shape index (κ3) is 7.00. The molecule has 0 aromatic rings. The molecule has 0 fully saturated rings. The van der Waals surface area contributed by atoms with Gasteiger partial charge in [-0.15, -0.1) is 0 Å². The van der Waals surface area contributed by atoms with Crippen molar-refractivity contribution in [3.63, 3.8) is 0 Å². The van der Waals surface area contributed by atoms with Gasteiger partial charge in [0, 0.05) is 0 Å². The van der Waals surface area contributed by atoms with Crippen molar-refractivity contribution < 1.29 is 21.3 Å². The summed E-state index contributed by atoms with van der Waals surface area (Å²) < 4.78 is 17.9. The van der Waals surface area contributed by atoms with E-state index in [-0.39, 0.29) is 20.0 Å². The molecule has 51 valence electrons. The molecule has 0 unspecified atom stereocenters. The van der Waals surface area contributed by atoms with Crippen LogP contribution in [0.5, 0.6) is 0 Å². The minimum absolute atomic E-state index is 0.277. The van der Waals surface area contributed by atoms with Crippen molar-refractivity contribution in [1.82, 2.24) is 0 Å².